The van der Waals surface area contributed by atoms with Gasteiger partial charge in [0.2, 0.25) is 5.89 Å². The lowest BCUT2D eigenvalue weighted by Gasteiger charge is -2.07. The summed E-state index contributed by atoms with van der Waals surface area (Å²) < 4.78 is 10.8. The summed E-state index contributed by atoms with van der Waals surface area (Å²) in [6.07, 6.45) is 1.95. The Balaban J connectivity index is 1.70. The van der Waals surface area contributed by atoms with Crippen LogP contribution in [0, 0.1) is 6.92 Å². The molecular weight excluding hydrogens is 360 g/mol. The number of hydrogen-bond donors (Lipinski definition) is 0. The third-order valence-corrected chi connectivity index (χ3v) is 4.62. The number of thioether (sulfide) groups is 1. The number of hydrogen-bond acceptors (Lipinski definition) is 6. The van der Waals surface area contributed by atoms with Crippen LogP contribution in [0.5, 0.6) is 0 Å². The predicted molar refractivity (Wildman–Crippen MR) is 96.8 cm³/mol. The minimum absolute atomic E-state index is 0.0980. The Morgan fingerprint density at radius 1 is 1.24 bits per heavy atom. The first-order valence-electron chi connectivity index (χ1n) is 7.47. The summed E-state index contributed by atoms with van der Waals surface area (Å²) in [4.78, 5) is 13.3. The molecule has 3 rings (SSSR count). The monoisotopic (exact) mass is 374 g/mol. The molecule has 0 spiro atoms. The highest BCUT2D eigenvalue weighted by Gasteiger charge is 2.15. The van der Waals surface area contributed by atoms with Crippen LogP contribution in [-0.2, 0) is 11.3 Å². The van der Waals surface area contributed by atoms with Gasteiger partial charge in [0.25, 0.3) is 5.89 Å². The molecule has 5 nitrogen and oxygen atoms in total. The van der Waals surface area contributed by atoms with E-state index in [0.29, 0.717) is 16.1 Å². The molecule has 0 bridgehead atoms. The van der Waals surface area contributed by atoms with Gasteiger partial charge in [-0.25, -0.2) is 4.79 Å². The van der Waals surface area contributed by atoms with Gasteiger partial charge in [-0.05, 0) is 43.0 Å². The molecule has 0 amide bonds. The molecule has 0 N–H and O–H groups in total. The highest BCUT2D eigenvalue weighted by Crippen LogP contribution is 2.26. The molecule has 0 aliphatic carbocycles. The Kier molecular flexibility index (Phi) is 5.40. The number of carbonyl (C=O) groups is 1. The van der Waals surface area contributed by atoms with Crippen LogP contribution in [0.3, 0.4) is 0 Å². The maximum atomic E-state index is 12.3. The highest BCUT2D eigenvalue weighted by atomic mass is 35.5. The number of aromatic nitrogens is 2. The molecule has 7 heteroatoms. The minimum atomic E-state index is -0.425. The second-order valence-corrected chi connectivity index (χ2v) is 6.52. The molecule has 0 aliphatic heterocycles. The van der Waals surface area contributed by atoms with E-state index >= 15 is 0 Å². The number of rotatable bonds is 5. The maximum Gasteiger partial charge on any atom is 0.338 e. The van der Waals surface area contributed by atoms with Gasteiger partial charge >= 0.3 is 5.97 Å². The maximum absolute atomic E-state index is 12.3. The molecular formula is C18H15ClN2O3S. The molecule has 1 aromatic heterocycles. The number of carbonyl (C=O) groups excluding carboxylic acids is 1. The van der Waals surface area contributed by atoms with Crippen LogP contribution in [-0.4, -0.2) is 22.4 Å². The van der Waals surface area contributed by atoms with Gasteiger partial charge in [0.15, 0.2) is 6.61 Å². The molecule has 128 valence electrons. The van der Waals surface area contributed by atoms with Crippen molar-refractivity contribution in [1.82, 2.24) is 10.2 Å². The third kappa shape index (κ3) is 4.03. The fourth-order valence-electron chi connectivity index (χ4n) is 2.21. The fraction of sp³-hybridized carbons (Fsp3) is 0.167. The van der Waals surface area contributed by atoms with Crippen molar-refractivity contribution in [2.75, 3.05) is 6.26 Å². The molecule has 0 fully saturated rings. The van der Waals surface area contributed by atoms with Crippen LogP contribution >= 0.6 is 23.4 Å². The molecule has 25 heavy (non-hydrogen) atoms. The Morgan fingerprint density at radius 3 is 2.80 bits per heavy atom. The van der Waals surface area contributed by atoms with Crippen LogP contribution < -0.4 is 0 Å². The van der Waals surface area contributed by atoms with Gasteiger partial charge in [-0.15, -0.1) is 22.0 Å². The lowest BCUT2D eigenvalue weighted by Crippen LogP contribution is -2.07. The van der Waals surface area contributed by atoms with Crippen LogP contribution in [0.25, 0.3) is 11.5 Å². The van der Waals surface area contributed by atoms with E-state index in [1.165, 1.54) is 0 Å². The van der Waals surface area contributed by atoms with Crippen molar-refractivity contribution in [1.29, 1.82) is 0 Å². The molecule has 3 aromatic rings. The van der Waals surface area contributed by atoms with Gasteiger partial charge in [0.1, 0.15) is 0 Å². The van der Waals surface area contributed by atoms with Gasteiger partial charge in [-0.3, -0.25) is 0 Å². The lowest BCUT2D eigenvalue weighted by atomic mass is 10.1. The van der Waals surface area contributed by atoms with E-state index in [0.717, 1.165) is 10.5 Å². The number of esters is 1. The zero-order valence-corrected chi connectivity index (χ0v) is 15.2. The summed E-state index contributed by atoms with van der Waals surface area (Å²) in [5, 5.41) is 8.36. The zero-order chi connectivity index (χ0) is 17.8. The number of ether oxygens (including phenoxy) is 1. The summed E-state index contributed by atoms with van der Waals surface area (Å²) >= 11 is 7.67. The van der Waals surface area contributed by atoms with E-state index in [-0.39, 0.29) is 18.4 Å². The quantitative estimate of drug-likeness (QED) is 0.473. The van der Waals surface area contributed by atoms with Gasteiger partial charge in [-0.2, -0.15) is 0 Å². The second-order valence-electron chi connectivity index (χ2n) is 5.24. The van der Waals surface area contributed by atoms with Crippen molar-refractivity contribution in [2.45, 2.75) is 18.4 Å². The van der Waals surface area contributed by atoms with Crippen molar-refractivity contribution < 1.29 is 13.9 Å². The van der Waals surface area contributed by atoms with Crippen molar-refractivity contribution in [2.24, 2.45) is 0 Å². The summed E-state index contributed by atoms with van der Waals surface area (Å²) in [5.74, 6) is 0.0741. The summed E-state index contributed by atoms with van der Waals surface area (Å²) in [6, 6.07) is 12.8. The summed E-state index contributed by atoms with van der Waals surface area (Å²) in [6.45, 7) is 1.77. The first-order valence-corrected chi connectivity index (χ1v) is 9.08. The fourth-order valence-corrected chi connectivity index (χ4v) is 2.86. The minimum Gasteiger partial charge on any atom is -0.452 e. The Morgan fingerprint density at radius 2 is 2.04 bits per heavy atom. The predicted octanol–water partition coefficient (Wildman–Crippen LogP) is 4.78. The van der Waals surface area contributed by atoms with Crippen LogP contribution in [0.1, 0.15) is 21.8 Å². The number of benzene rings is 2. The van der Waals surface area contributed by atoms with Gasteiger partial charge in [-0.1, -0.05) is 29.8 Å². The first-order chi connectivity index (χ1) is 12.1. The molecule has 0 saturated heterocycles. The van der Waals surface area contributed by atoms with Gasteiger partial charge in [0.05, 0.1) is 16.1 Å². The normalized spacial score (nSPS) is 10.7. The van der Waals surface area contributed by atoms with Crippen LogP contribution in [0.4, 0.5) is 0 Å². The molecule has 0 radical (unpaired) electrons. The Labute approximate surface area is 154 Å². The largest absolute Gasteiger partial charge is 0.452 e. The molecule has 0 unspecified atom stereocenters. The second kappa shape index (κ2) is 7.72. The Hall–Kier alpha value is -2.31. The van der Waals surface area contributed by atoms with E-state index in [4.69, 9.17) is 20.8 Å². The summed E-state index contributed by atoms with van der Waals surface area (Å²) in [7, 11) is 0. The highest BCUT2D eigenvalue weighted by molar-refractivity contribution is 7.98. The average molecular weight is 375 g/mol. The van der Waals surface area contributed by atoms with Crippen molar-refractivity contribution in [3.05, 3.63) is 64.5 Å². The molecule has 0 aliphatic rings. The number of nitrogens with zero attached hydrogens (tertiary/aromatic N) is 2. The van der Waals surface area contributed by atoms with Crippen molar-refractivity contribution in [3.63, 3.8) is 0 Å². The smallest absolute Gasteiger partial charge is 0.338 e. The van der Waals surface area contributed by atoms with Crippen molar-refractivity contribution >= 4 is 29.3 Å². The van der Waals surface area contributed by atoms with E-state index in [1.807, 2.05) is 43.5 Å². The average Bonchev–Trinajstić information content (AvgIpc) is 3.09. The molecule has 1 heterocycles. The molecule has 0 saturated carbocycles. The van der Waals surface area contributed by atoms with Gasteiger partial charge in [0, 0.05) is 4.90 Å². The van der Waals surface area contributed by atoms with E-state index < -0.39 is 5.97 Å². The van der Waals surface area contributed by atoms with Crippen molar-refractivity contribution in [3.8, 4) is 11.5 Å². The number of aryl methyl sites for hydroxylation is 1. The standard InChI is InChI=1S/C18H15ClN2O3S/c1-11-7-8-12(25-2)9-14(11)18(22)23-10-16-20-21-17(24-16)13-5-3-4-6-15(13)19/h3-9H,10H2,1-2H3. The molecule has 2 aromatic carbocycles. The van der Waals surface area contributed by atoms with E-state index in [2.05, 4.69) is 10.2 Å². The zero-order valence-electron chi connectivity index (χ0n) is 13.7. The third-order valence-electron chi connectivity index (χ3n) is 3.56. The number of halogens is 1. The van der Waals surface area contributed by atoms with E-state index in [1.54, 1.807) is 23.9 Å². The summed E-state index contributed by atoms with van der Waals surface area (Å²) in [5.41, 5.74) is 2.01. The van der Waals surface area contributed by atoms with Crippen LogP contribution in [0.15, 0.2) is 51.8 Å². The topological polar surface area (TPSA) is 65.2 Å². The van der Waals surface area contributed by atoms with Gasteiger partial charge < -0.3 is 9.15 Å². The van der Waals surface area contributed by atoms with Crippen LogP contribution in [0.2, 0.25) is 5.02 Å². The SMILES string of the molecule is CSc1ccc(C)c(C(=O)OCc2nnc(-c3ccccc3Cl)o2)c1. The Bertz CT molecular complexity index is 911. The lowest BCUT2D eigenvalue weighted by molar-refractivity contribution is 0.0437. The first kappa shape index (κ1) is 17.5. The molecule has 0 atom stereocenters. The van der Waals surface area contributed by atoms with E-state index in [9.17, 15) is 4.79 Å².